The Labute approximate surface area is 187 Å². The van der Waals surface area contributed by atoms with Crippen LogP contribution in [0.5, 0.6) is 11.5 Å². The molecule has 32 heavy (non-hydrogen) atoms. The highest BCUT2D eigenvalue weighted by atomic mass is 16.5. The first-order chi connectivity index (χ1) is 15.4. The molecular weight excluding hydrogens is 408 g/mol. The third-order valence-corrected chi connectivity index (χ3v) is 4.91. The number of nitrogens with one attached hydrogen (secondary N) is 2. The lowest BCUT2D eigenvalue weighted by molar-refractivity contribution is 0.0938. The maximum absolute atomic E-state index is 12.9. The maximum Gasteiger partial charge on any atom is 0.291 e. The van der Waals surface area contributed by atoms with Gasteiger partial charge in [0.05, 0.1) is 25.5 Å². The lowest BCUT2D eigenvalue weighted by Crippen LogP contribution is -2.27. The number of amides is 2. The summed E-state index contributed by atoms with van der Waals surface area (Å²) in [5, 5.41) is 5.78. The minimum Gasteiger partial charge on any atom is -0.490 e. The Morgan fingerprint density at radius 1 is 0.969 bits per heavy atom. The van der Waals surface area contributed by atoms with E-state index < -0.39 is 0 Å². The van der Waals surface area contributed by atoms with Crippen LogP contribution >= 0.6 is 0 Å². The molecule has 1 unspecified atom stereocenters. The molecule has 0 aliphatic carbocycles. The number of ether oxygens (including phenoxy) is 2. The van der Waals surface area contributed by atoms with Crippen molar-refractivity contribution in [2.75, 3.05) is 18.5 Å². The van der Waals surface area contributed by atoms with Crippen molar-refractivity contribution in [3.05, 3.63) is 77.2 Å². The van der Waals surface area contributed by atoms with E-state index in [1.54, 1.807) is 30.3 Å². The second-order valence-electron chi connectivity index (χ2n) is 7.23. The first kappa shape index (κ1) is 22.9. The van der Waals surface area contributed by atoms with Gasteiger partial charge < -0.3 is 24.5 Å². The van der Waals surface area contributed by atoms with Crippen LogP contribution in [0.15, 0.2) is 59.2 Å². The molecule has 7 heteroatoms. The zero-order valence-corrected chi connectivity index (χ0v) is 18.7. The fraction of sp³-hybridized carbons (Fsp3) is 0.280. The molecule has 0 aliphatic rings. The van der Waals surface area contributed by atoms with Crippen LogP contribution in [0.4, 0.5) is 5.69 Å². The summed E-state index contributed by atoms with van der Waals surface area (Å²) in [5.74, 6) is 0.895. The highest BCUT2D eigenvalue weighted by Gasteiger charge is 2.16. The van der Waals surface area contributed by atoms with Crippen LogP contribution in [0.25, 0.3) is 0 Å². The van der Waals surface area contributed by atoms with Gasteiger partial charge in [0.1, 0.15) is 0 Å². The van der Waals surface area contributed by atoms with Crippen LogP contribution in [0.2, 0.25) is 0 Å². The molecule has 0 radical (unpaired) electrons. The van der Waals surface area contributed by atoms with Gasteiger partial charge >= 0.3 is 0 Å². The third-order valence-electron chi connectivity index (χ3n) is 4.91. The van der Waals surface area contributed by atoms with Gasteiger partial charge in [-0.1, -0.05) is 12.1 Å². The van der Waals surface area contributed by atoms with E-state index in [0.717, 1.165) is 11.1 Å². The molecule has 3 aromatic rings. The topological polar surface area (TPSA) is 89.8 Å². The summed E-state index contributed by atoms with van der Waals surface area (Å²) < 4.78 is 16.4. The first-order valence-corrected chi connectivity index (χ1v) is 10.6. The van der Waals surface area contributed by atoms with E-state index in [1.807, 2.05) is 45.9 Å². The van der Waals surface area contributed by atoms with Crippen molar-refractivity contribution in [1.29, 1.82) is 0 Å². The van der Waals surface area contributed by atoms with Crippen molar-refractivity contribution in [3.63, 3.8) is 0 Å². The van der Waals surface area contributed by atoms with Crippen molar-refractivity contribution in [2.45, 2.75) is 33.7 Å². The van der Waals surface area contributed by atoms with Gasteiger partial charge in [-0.25, -0.2) is 0 Å². The third kappa shape index (κ3) is 5.49. The largest absolute Gasteiger partial charge is 0.490 e. The number of aryl methyl sites for hydroxylation is 1. The standard InChI is InChI=1S/C25H28N2O5/c1-5-30-21-12-11-18(15-23(21)31-6-2)17(4)26-24(28)19-10-9-16(3)20(14-19)27-25(29)22-8-7-13-32-22/h7-15,17H,5-6H2,1-4H3,(H,26,28)(H,27,29). The summed E-state index contributed by atoms with van der Waals surface area (Å²) in [7, 11) is 0. The van der Waals surface area contributed by atoms with Crippen LogP contribution < -0.4 is 20.1 Å². The van der Waals surface area contributed by atoms with E-state index in [1.165, 1.54) is 6.26 Å². The molecule has 0 aliphatic heterocycles. The number of carbonyl (C=O) groups excluding carboxylic acids is 2. The zero-order chi connectivity index (χ0) is 23.1. The quantitative estimate of drug-likeness (QED) is 0.485. The van der Waals surface area contributed by atoms with Gasteiger partial charge in [0.15, 0.2) is 17.3 Å². The van der Waals surface area contributed by atoms with Gasteiger partial charge in [0, 0.05) is 11.3 Å². The molecule has 0 fully saturated rings. The SMILES string of the molecule is CCOc1ccc(C(C)NC(=O)c2ccc(C)c(NC(=O)c3ccco3)c2)cc1OCC. The summed E-state index contributed by atoms with van der Waals surface area (Å²) in [6, 6.07) is 13.8. The average molecular weight is 437 g/mol. The molecular formula is C25H28N2O5. The highest BCUT2D eigenvalue weighted by molar-refractivity contribution is 6.04. The van der Waals surface area contributed by atoms with Crippen LogP contribution in [-0.4, -0.2) is 25.0 Å². The number of carbonyl (C=O) groups is 2. The Morgan fingerprint density at radius 3 is 2.41 bits per heavy atom. The van der Waals surface area contributed by atoms with Gasteiger partial charge in [0.25, 0.3) is 11.8 Å². The maximum atomic E-state index is 12.9. The normalized spacial score (nSPS) is 11.5. The summed E-state index contributed by atoms with van der Waals surface area (Å²) >= 11 is 0. The Morgan fingerprint density at radius 2 is 1.72 bits per heavy atom. The van der Waals surface area contributed by atoms with Gasteiger partial charge in [0.2, 0.25) is 0 Å². The van der Waals surface area contributed by atoms with Crippen LogP contribution in [0.3, 0.4) is 0 Å². The Bertz CT molecular complexity index is 1080. The zero-order valence-electron chi connectivity index (χ0n) is 18.7. The lowest BCUT2D eigenvalue weighted by Gasteiger charge is -2.18. The summed E-state index contributed by atoms with van der Waals surface area (Å²) in [6.07, 6.45) is 1.44. The fourth-order valence-corrected chi connectivity index (χ4v) is 3.19. The number of hydrogen-bond acceptors (Lipinski definition) is 5. The molecule has 168 valence electrons. The number of rotatable bonds is 9. The van der Waals surface area contributed by atoms with Crippen molar-refractivity contribution >= 4 is 17.5 Å². The van der Waals surface area contributed by atoms with Crippen molar-refractivity contribution in [1.82, 2.24) is 5.32 Å². The van der Waals surface area contributed by atoms with E-state index in [4.69, 9.17) is 13.9 Å². The molecule has 2 N–H and O–H groups in total. The molecule has 1 atom stereocenters. The number of furan rings is 1. The Balaban J connectivity index is 1.74. The predicted molar refractivity (Wildman–Crippen MR) is 123 cm³/mol. The van der Waals surface area contributed by atoms with Crippen LogP contribution in [-0.2, 0) is 0 Å². The summed E-state index contributed by atoms with van der Waals surface area (Å²) in [4.78, 5) is 25.2. The monoisotopic (exact) mass is 436 g/mol. The molecule has 0 bridgehead atoms. The Hall–Kier alpha value is -3.74. The van der Waals surface area contributed by atoms with Gasteiger partial charge in [-0.05, 0) is 75.2 Å². The van der Waals surface area contributed by atoms with Crippen LogP contribution in [0.1, 0.15) is 58.9 Å². The molecule has 7 nitrogen and oxygen atoms in total. The van der Waals surface area contributed by atoms with Gasteiger partial charge in [-0.2, -0.15) is 0 Å². The number of anilines is 1. The fourth-order valence-electron chi connectivity index (χ4n) is 3.19. The van der Waals surface area contributed by atoms with Crippen LogP contribution in [0, 0.1) is 6.92 Å². The molecule has 2 amide bonds. The minimum atomic E-state index is -0.373. The predicted octanol–water partition coefficient (Wildman–Crippen LogP) is 5.13. The molecule has 3 rings (SSSR count). The second-order valence-corrected chi connectivity index (χ2v) is 7.23. The number of hydrogen-bond donors (Lipinski definition) is 2. The van der Waals surface area contributed by atoms with Gasteiger partial charge in [-0.3, -0.25) is 9.59 Å². The smallest absolute Gasteiger partial charge is 0.291 e. The summed E-state index contributed by atoms with van der Waals surface area (Å²) in [6.45, 7) is 8.64. The minimum absolute atomic E-state index is 0.202. The average Bonchev–Trinajstić information content (AvgIpc) is 3.32. The lowest BCUT2D eigenvalue weighted by atomic mass is 10.1. The molecule has 0 saturated heterocycles. The van der Waals surface area contributed by atoms with Crippen molar-refractivity contribution in [3.8, 4) is 11.5 Å². The highest BCUT2D eigenvalue weighted by Crippen LogP contribution is 2.31. The Kier molecular flexibility index (Phi) is 7.54. The second kappa shape index (κ2) is 10.5. The summed E-state index contributed by atoms with van der Waals surface area (Å²) in [5.41, 5.74) is 2.71. The molecule has 2 aromatic carbocycles. The molecule has 0 spiro atoms. The molecule has 1 heterocycles. The number of benzene rings is 2. The van der Waals surface area contributed by atoms with Gasteiger partial charge in [-0.15, -0.1) is 0 Å². The van der Waals surface area contributed by atoms with E-state index in [9.17, 15) is 9.59 Å². The van der Waals surface area contributed by atoms with E-state index in [0.29, 0.717) is 36.0 Å². The van der Waals surface area contributed by atoms with E-state index in [-0.39, 0.29) is 23.6 Å². The van der Waals surface area contributed by atoms with Crippen molar-refractivity contribution in [2.24, 2.45) is 0 Å². The van der Waals surface area contributed by atoms with Crippen molar-refractivity contribution < 1.29 is 23.5 Å². The van der Waals surface area contributed by atoms with E-state index >= 15 is 0 Å². The molecule has 0 saturated carbocycles. The molecule has 1 aromatic heterocycles. The van der Waals surface area contributed by atoms with E-state index in [2.05, 4.69) is 10.6 Å². The first-order valence-electron chi connectivity index (χ1n) is 10.6.